The van der Waals surface area contributed by atoms with Crippen LogP contribution < -0.4 is 5.32 Å². The second-order valence-corrected chi connectivity index (χ2v) is 7.15. The lowest BCUT2D eigenvalue weighted by molar-refractivity contribution is 0.196. The van der Waals surface area contributed by atoms with Gasteiger partial charge in [0.05, 0.1) is 11.1 Å². The highest BCUT2D eigenvalue weighted by molar-refractivity contribution is 6.36. The predicted octanol–water partition coefficient (Wildman–Crippen LogP) is 4.43. The number of nitrogens with zero attached hydrogens (tertiary/aromatic N) is 2. The molecule has 134 valence electrons. The summed E-state index contributed by atoms with van der Waals surface area (Å²) in [5, 5.41) is 6.42. The molecule has 1 unspecified atom stereocenters. The van der Waals surface area contributed by atoms with Crippen LogP contribution in [0, 0.1) is 0 Å². The summed E-state index contributed by atoms with van der Waals surface area (Å²) in [5.41, 5.74) is 1.04. The lowest BCUT2D eigenvalue weighted by Crippen LogP contribution is -2.29. The van der Waals surface area contributed by atoms with Crippen LogP contribution in [0.5, 0.6) is 0 Å². The summed E-state index contributed by atoms with van der Waals surface area (Å²) in [5.74, 6) is 0. The van der Waals surface area contributed by atoms with Crippen LogP contribution in [0.1, 0.15) is 19.8 Å². The number of likely N-dealkylation sites (tertiary alicyclic amines) is 1. The van der Waals surface area contributed by atoms with Gasteiger partial charge in [0.1, 0.15) is 6.61 Å². The molecule has 0 amide bonds. The van der Waals surface area contributed by atoms with E-state index in [0.717, 1.165) is 34.6 Å². The van der Waals surface area contributed by atoms with E-state index in [2.05, 4.69) is 47.4 Å². The van der Waals surface area contributed by atoms with Crippen molar-refractivity contribution >= 4 is 34.5 Å². The molecule has 0 radical (unpaired) electrons. The fraction of sp³-hybridized carbons (Fsp3) is 0.450. The van der Waals surface area contributed by atoms with Crippen molar-refractivity contribution in [1.29, 1.82) is 0 Å². The quantitative estimate of drug-likeness (QED) is 0.586. The lowest BCUT2D eigenvalue weighted by Gasteiger charge is -2.18. The average molecular weight is 360 g/mol. The van der Waals surface area contributed by atoms with Crippen LogP contribution in [-0.4, -0.2) is 50.1 Å². The van der Waals surface area contributed by atoms with Gasteiger partial charge >= 0.3 is 0 Å². The van der Waals surface area contributed by atoms with Gasteiger partial charge in [0, 0.05) is 23.7 Å². The molecule has 0 bridgehead atoms. The van der Waals surface area contributed by atoms with E-state index in [4.69, 9.17) is 16.3 Å². The van der Waals surface area contributed by atoms with Gasteiger partial charge in [-0.2, -0.15) is 0 Å². The van der Waals surface area contributed by atoms with Gasteiger partial charge in [-0.15, -0.1) is 0 Å². The van der Waals surface area contributed by atoms with Crippen LogP contribution in [0.15, 0.2) is 41.4 Å². The standard InChI is InChI=1S/C20H26ClN3O/c1-15(23-14-25-13-17-8-5-11-24(17)2)12-22-19-10-4-7-16-6-3-9-18(21)20(16)19/h3-4,6-7,9-10,14-15,17,22H,5,8,11-13H2,1-2H3/t15?,17-/m0/s1. The number of halogens is 1. The molecule has 2 aromatic rings. The highest BCUT2D eigenvalue weighted by Gasteiger charge is 2.20. The molecule has 5 heteroatoms. The first-order chi connectivity index (χ1) is 12.1. The molecule has 1 N–H and O–H groups in total. The van der Waals surface area contributed by atoms with Gasteiger partial charge in [0.2, 0.25) is 0 Å². The van der Waals surface area contributed by atoms with E-state index in [1.54, 1.807) is 6.40 Å². The number of aliphatic imine (C=N–C) groups is 1. The lowest BCUT2D eigenvalue weighted by atomic mass is 10.1. The summed E-state index contributed by atoms with van der Waals surface area (Å²) in [6, 6.07) is 12.8. The molecule has 0 aromatic heterocycles. The highest BCUT2D eigenvalue weighted by Crippen LogP contribution is 2.30. The Bertz CT molecular complexity index is 729. The van der Waals surface area contributed by atoms with Crippen molar-refractivity contribution in [3.05, 3.63) is 41.4 Å². The van der Waals surface area contributed by atoms with E-state index in [9.17, 15) is 0 Å². The molecular formula is C20H26ClN3O. The molecule has 1 aliphatic rings. The maximum absolute atomic E-state index is 6.36. The Morgan fingerprint density at radius 3 is 2.92 bits per heavy atom. The van der Waals surface area contributed by atoms with Crippen LogP contribution in [0.3, 0.4) is 0 Å². The Balaban J connectivity index is 1.51. The van der Waals surface area contributed by atoms with E-state index in [0.29, 0.717) is 6.04 Å². The fourth-order valence-electron chi connectivity index (χ4n) is 3.24. The number of fused-ring (bicyclic) bond motifs is 1. The monoisotopic (exact) mass is 359 g/mol. The van der Waals surface area contributed by atoms with Gasteiger partial charge in [-0.1, -0.05) is 35.9 Å². The molecule has 25 heavy (non-hydrogen) atoms. The fourth-order valence-corrected chi connectivity index (χ4v) is 3.53. The average Bonchev–Trinajstić information content (AvgIpc) is 3.02. The third-order valence-corrected chi connectivity index (χ3v) is 5.11. The molecule has 0 saturated carbocycles. The molecule has 0 aliphatic carbocycles. The van der Waals surface area contributed by atoms with Crippen molar-refractivity contribution in [3.8, 4) is 0 Å². The van der Waals surface area contributed by atoms with Gasteiger partial charge in [0.25, 0.3) is 0 Å². The van der Waals surface area contributed by atoms with Crippen molar-refractivity contribution in [2.45, 2.75) is 31.8 Å². The zero-order valence-electron chi connectivity index (χ0n) is 14.9. The van der Waals surface area contributed by atoms with E-state index >= 15 is 0 Å². The number of nitrogens with one attached hydrogen (secondary N) is 1. The molecular weight excluding hydrogens is 334 g/mol. The van der Waals surface area contributed by atoms with E-state index < -0.39 is 0 Å². The molecule has 1 heterocycles. The highest BCUT2D eigenvalue weighted by atomic mass is 35.5. The van der Waals surface area contributed by atoms with E-state index in [-0.39, 0.29) is 6.04 Å². The largest absolute Gasteiger partial charge is 0.482 e. The number of rotatable bonds is 7. The zero-order valence-corrected chi connectivity index (χ0v) is 15.7. The molecule has 1 fully saturated rings. The summed E-state index contributed by atoms with van der Waals surface area (Å²) in [4.78, 5) is 6.82. The normalized spacial score (nSPS) is 19.6. The second kappa shape index (κ2) is 8.54. The van der Waals surface area contributed by atoms with Crippen LogP contribution in [0.25, 0.3) is 10.8 Å². The van der Waals surface area contributed by atoms with Crippen LogP contribution >= 0.6 is 11.6 Å². The first-order valence-corrected chi connectivity index (χ1v) is 9.27. The van der Waals surface area contributed by atoms with Gasteiger partial charge in [-0.25, -0.2) is 0 Å². The molecule has 2 atom stereocenters. The molecule has 4 nitrogen and oxygen atoms in total. The minimum absolute atomic E-state index is 0.124. The Labute approximate surface area is 154 Å². The number of ether oxygens (including phenoxy) is 1. The van der Waals surface area contributed by atoms with Crippen molar-refractivity contribution in [2.24, 2.45) is 4.99 Å². The molecule has 3 rings (SSSR count). The van der Waals surface area contributed by atoms with E-state index in [1.807, 2.05) is 18.2 Å². The van der Waals surface area contributed by atoms with Crippen LogP contribution in [0.2, 0.25) is 5.02 Å². The third-order valence-electron chi connectivity index (χ3n) is 4.79. The summed E-state index contributed by atoms with van der Waals surface area (Å²) < 4.78 is 5.62. The van der Waals surface area contributed by atoms with Crippen LogP contribution in [-0.2, 0) is 4.74 Å². The molecule has 1 saturated heterocycles. The minimum Gasteiger partial charge on any atom is -0.482 e. The number of hydrogen-bond donors (Lipinski definition) is 1. The summed E-state index contributed by atoms with van der Waals surface area (Å²) >= 11 is 6.36. The third kappa shape index (κ3) is 4.65. The maximum atomic E-state index is 6.36. The Kier molecular flexibility index (Phi) is 6.16. The smallest absolute Gasteiger partial charge is 0.169 e. The van der Waals surface area contributed by atoms with Crippen LogP contribution in [0.4, 0.5) is 5.69 Å². The van der Waals surface area contributed by atoms with Gasteiger partial charge in [0.15, 0.2) is 6.40 Å². The molecule has 2 aromatic carbocycles. The van der Waals surface area contributed by atoms with Gasteiger partial charge in [-0.3, -0.25) is 4.99 Å². The number of likely N-dealkylation sites (N-methyl/N-ethyl adjacent to an activating group) is 1. The maximum Gasteiger partial charge on any atom is 0.169 e. The number of anilines is 1. The number of hydrogen-bond acceptors (Lipinski definition) is 4. The SMILES string of the molecule is CC(CNc1cccc2cccc(Cl)c12)N=COC[C@@H]1CCCN1C. The Morgan fingerprint density at radius 1 is 1.36 bits per heavy atom. The first kappa shape index (κ1) is 18.0. The second-order valence-electron chi connectivity index (χ2n) is 6.74. The van der Waals surface area contributed by atoms with Crippen molar-refractivity contribution < 1.29 is 4.74 Å². The van der Waals surface area contributed by atoms with Crippen molar-refractivity contribution in [2.75, 3.05) is 32.1 Å². The molecule has 1 aliphatic heterocycles. The van der Waals surface area contributed by atoms with Gasteiger partial charge in [-0.05, 0) is 50.9 Å². The Hall–Kier alpha value is -1.78. The van der Waals surface area contributed by atoms with Crippen molar-refractivity contribution in [1.82, 2.24) is 4.90 Å². The molecule has 0 spiro atoms. The van der Waals surface area contributed by atoms with Crippen molar-refractivity contribution in [3.63, 3.8) is 0 Å². The zero-order chi connectivity index (χ0) is 17.6. The van der Waals surface area contributed by atoms with E-state index in [1.165, 1.54) is 19.4 Å². The topological polar surface area (TPSA) is 36.9 Å². The summed E-state index contributed by atoms with van der Waals surface area (Å²) in [7, 11) is 2.15. The predicted molar refractivity (Wildman–Crippen MR) is 107 cm³/mol. The summed E-state index contributed by atoms with van der Waals surface area (Å²) in [6.45, 7) is 4.69. The number of benzene rings is 2. The Morgan fingerprint density at radius 2 is 2.16 bits per heavy atom. The van der Waals surface area contributed by atoms with Gasteiger partial charge < -0.3 is 15.0 Å². The summed E-state index contributed by atoms with van der Waals surface area (Å²) in [6.07, 6.45) is 4.08. The minimum atomic E-state index is 0.124. The first-order valence-electron chi connectivity index (χ1n) is 8.90.